The van der Waals surface area contributed by atoms with Crippen LogP contribution >= 0.6 is 0 Å². The summed E-state index contributed by atoms with van der Waals surface area (Å²) in [5.41, 5.74) is 3.46. The van der Waals surface area contributed by atoms with Gasteiger partial charge >= 0.3 is 0 Å². The molecule has 37 heavy (non-hydrogen) atoms. The van der Waals surface area contributed by atoms with Crippen molar-refractivity contribution >= 4 is 26.8 Å². The van der Waals surface area contributed by atoms with Crippen molar-refractivity contribution in [3.05, 3.63) is 89.9 Å². The molecule has 0 saturated heterocycles. The first-order valence-corrected chi connectivity index (χ1v) is 13.7. The summed E-state index contributed by atoms with van der Waals surface area (Å²) in [7, 11) is 0.177. The van der Waals surface area contributed by atoms with Gasteiger partial charge in [0.25, 0.3) is 10.0 Å². The van der Waals surface area contributed by atoms with Crippen molar-refractivity contribution in [2.24, 2.45) is 0 Å². The highest BCUT2D eigenvalue weighted by molar-refractivity contribution is 7.90. The molecule has 2 atom stereocenters. The monoisotopic (exact) mass is 519 g/mol. The van der Waals surface area contributed by atoms with Crippen LogP contribution in [0.3, 0.4) is 0 Å². The lowest BCUT2D eigenvalue weighted by Crippen LogP contribution is -2.41. The van der Waals surface area contributed by atoms with E-state index >= 15 is 0 Å². The molecule has 194 valence electrons. The number of hydrogen-bond donors (Lipinski definition) is 1. The molecule has 1 N–H and O–H groups in total. The van der Waals surface area contributed by atoms with Crippen LogP contribution in [0, 0.1) is 6.92 Å². The first-order chi connectivity index (χ1) is 17.6. The Morgan fingerprint density at radius 1 is 1.08 bits per heavy atom. The molecule has 9 heteroatoms. The fourth-order valence-electron chi connectivity index (χ4n) is 4.25. The molecule has 8 nitrogen and oxygen atoms in total. The number of carbonyl (C=O) groups excluding carboxylic acids is 1. The minimum atomic E-state index is -3.79. The predicted octanol–water partition coefficient (Wildman–Crippen LogP) is 3.76. The van der Waals surface area contributed by atoms with E-state index in [2.05, 4.69) is 20.3 Å². The zero-order valence-electron chi connectivity index (χ0n) is 21.6. The summed E-state index contributed by atoms with van der Waals surface area (Å²) in [5.74, 6) is 0.0252. The second-order valence-electron chi connectivity index (χ2n) is 9.68. The Morgan fingerprint density at radius 2 is 1.84 bits per heavy atom. The molecule has 0 aliphatic heterocycles. The summed E-state index contributed by atoms with van der Waals surface area (Å²) in [6.07, 6.45) is 4.38. The normalized spacial score (nSPS) is 13.5. The highest BCUT2D eigenvalue weighted by atomic mass is 32.2. The average Bonchev–Trinajstić information content (AvgIpc) is 3.31. The van der Waals surface area contributed by atoms with Gasteiger partial charge in [-0.15, -0.1) is 0 Å². The SMILES string of the molecule is Cc1ccc(S(=O)(=O)n2ncc3cc(C[C@@H](CNC(=O)C[C@H](C)c4ccccn4)N(C)C)ccc32)cc1. The van der Waals surface area contributed by atoms with Crippen LogP contribution in [0.4, 0.5) is 0 Å². The number of carbonyl (C=O) groups is 1. The number of nitrogens with one attached hydrogen (secondary N) is 1. The third-order valence-corrected chi connectivity index (χ3v) is 8.18. The Bertz CT molecular complexity index is 1460. The van der Waals surface area contributed by atoms with Gasteiger partial charge in [0.2, 0.25) is 5.91 Å². The first-order valence-electron chi connectivity index (χ1n) is 12.3. The number of aromatic nitrogens is 3. The average molecular weight is 520 g/mol. The van der Waals surface area contributed by atoms with Crippen LogP contribution in [0.2, 0.25) is 0 Å². The molecule has 2 heterocycles. The number of hydrogen-bond acceptors (Lipinski definition) is 6. The Labute approximate surface area is 218 Å². The molecule has 4 aromatic rings. The minimum absolute atomic E-state index is 0.0111. The zero-order valence-corrected chi connectivity index (χ0v) is 22.4. The lowest BCUT2D eigenvalue weighted by atomic mass is 10.0. The van der Waals surface area contributed by atoms with E-state index in [1.54, 1.807) is 42.7 Å². The van der Waals surface area contributed by atoms with Gasteiger partial charge in [-0.2, -0.15) is 17.6 Å². The van der Waals surface area contributed by atoms with E-state index in [0.717, 1.165) is 26.3 Å². The molecule has 0 unspecified atom stereocenters. The van der Waals surface area contributed by atoms with E-state index in [-0.39, 0.29) is 22.8 Å². The summed E-state index contributed by atoms with van der Waals surface area (Å²) < 4.78 is 27.4. The van der Waals surface area contributed by atoms with Gasteiger partial charge in [-0.25, -0.2) is 0 Å². The van der Waals surface area contributed by atoms with Crippen molar-refractivity contribution in [1.82, 2.24) is 24.4 Å². The maximum absolute atomic E-state index is 13.1. The van der Waals surface area contributed by atoms with Crippen molar-refractivity contribution < 1.29 is 13.2 Å². The molecule has 0 aliphatic carbocycles. The Balaban J connectivity index is 1.44. The van der Waals surface area contributed by atoms with E-state index < -0.39 is 10.0 Å². The molecule has 0 bridgehead atoms. The number of fused-ring (bicyclic) bond motifs is 1. The summed E-state index contributed by atoms with van der Waals surface area (Å²) in [6.45, 7) is 4.41. The number of benzene rings is 2. The molecule has 4 rings (SSSR count). The molecule has 0 radical (unpaired) electrons. The lowest BCUT2D eigenvalue weighted by Gasteiger charge is -2.25. The fraction of sp³-hybridized carbons (Fsp3) is 0.321. The van der Waals surface area contributed by atoms with Crippen molar-refractivity contribution in [3.63, 3.8) is 0 Å². The second-order valence-corrected chi connectivity index (χ2v) is 11.5. The molecule has 0 saturated carbocycles. The van der Waals surface area contributed by atoms with Crippen LogP contribution in [-0.2, 0) is 21.2 Å². The van der Waals surface area contributed by atoms with Crippen molar-refractivity contribution in [3.8, 4) is 0 Å². The van der Waals surface area contributed by atoms with Gasteiger partial charge in [0.15, 0.2) is 0 Å². The molecule has 0 aliphatic rings. The molecule has 0 fully saturated rings. The fourth-order valence-corrected chi connectivity index (χ4v) is 5.53. The summed E-state index contributed by atoms with van der Waals surface area (Å²) in [5, 5.41) is 8.00. The van der Waals surface area contributed by atoms with Crippen LogP contribution in [0.15, 0.2) is 78.0 Å². The van der Waals surface area contributed by atoms with Gasteiger partial charge in [-0.1, -0.05) is 36.8 Å². The number of nitrogens with zero attached hydrogens (tertiary/aromatic N) is 4. The van der Waals surface area contributed by atoms with Crippen LogP contribution < -0.4 is 5.32 Å². The van der Waals surface area contributed by atoms with Crippen molar-refractivity contribution in [2.75, 3.05) is 20.6 Å². The van der Waals surface area contributed by atoms with E-state index in [9.17, 15) is 13.2 Å². The van der Waals surface area contributed by atoms with E-state index in [1.807, 2.05) is 58.3 Å². The predicted molar refractivity (Wildman–Crippen MR) is 145 cm³/mol. The minimum Gasteiger partial charge on any atom is -0.355 e. The summed E-state index contributed by atoms with van der Waals surface area (Å²) in [4.78, 5) is 19.2. The van der Waals surface area contributed by atoms with Gasteiger partial charge < -0.3 is 10.2 Å². The van der Waals surface area contributed by atoms with Crippen LogP contribution in [-0.4, -0.2) is 60.1 Å². The van der Waals surface area contributed by atoms with E-state index in [1.165, 1.54) is 0 Å². The quantitative estimate of drug-likeness (QED) is 0.343. The van der Waals surface area contributed by atoms with Gasteiger partial charge in [0.05, 0.1) is 16.6 Å². The lowest BCUT2D eigenvalue weighted by molar-refractivity contribution is -0.121. The highest BCUT2D eigenvalue weighted by Gasteiger charge is 2.21. The van der Waals surface area contributed by atoms with Crippen LogP contribution in [0.1, 0.15) is 36.1 Å². The Kier molecular flexibility index (Phi) is 8.04. The Morgan fingerprint density at radius 3 is 2.51 bits per heavy atom. The Hall–Kier alpha value is -3.56. The summed E-state index contributed by atoms with van der Waals surface area (Å²) >= 11 is 0. The number of likely N-dealkylation sites (N-methyl/N-ethyl adjacent to an activating group) is 1. The first kappa shape index (κ1) is 26.5. The van der Waals surface area contributed by atoms with Gasteiger partial charge in [0.1, 0.15) is 0 Å². The third kappa shape index (κ3) is 6.23. The standard InChI is InChI=1S/C28H33N5O3S/c1-20-8-11-25(12-9-20)37(35,36)33-27-13-10-22(16-23(27)18-31-33)17-24(32(3)4)19-30-28(34)15-21(2)26-7-5-6-14-29-26/h5-14,16,18,21,24H,15,17,19H2,1-4H3,(H,30,34)/t21-,24-/m0/s1. The number of amides is 1. The maximum atomic E-state index is 13.1. The second kappa shape index (κ2) is 11.2. The van der Waals surface area contributed by atoms with E-state index in [4.69, 9.17) is 0 Å². The smallest absolute Gasteiger partial charge is 0.283 e. The molecular formula is C28H33N5O3S. The molecular weight excluding hydrogens is 486 g/mol. The molecule has 2 aromatic carbocycles. The molecule has 2 aromatic heterocycles. The number of pyridine rings is 1. The van der Waals surface area contributed by atoms with Gasteiger partial charge in [-0.3, -0.25) is 9.78 Å². The van der Waals surface area contributed by atoms with Gasteiger partial charge in [-0.05, 0) is 69.4 Å². The van der Waals surface area contributed by atoms with Crippen molar-refractivity contribution in [1.29, 1.82) is 0 Å². The topological polar surface area (TPSA) is 97.2 Å². The van der Waals surface area contributed by atoms with Crippen LogP contribution in [0.5, 0.6) is 0 Å². The van der Waals surface area contributed by atoms with E-state index in [0.29, 0.717) is 24.9 Å². The zero-order chi connectivity index (χ0) is 26.6. The number of aryl methyl sites for hydroxylation is 1. The largest absolute Gasteiger partial charge is 0.355 e. The van der Waals surface area contributed by atoms with Crippen molar-refractivity contribution in [2.45, 2.75) is 43.5 Å². The number of rotatable bonds is 10. The van der Waals surface area contributed by atoms with Crippen LogP contribution in [0.25, 0.3) is 10.9 Å². The maximum Gasteiger partial charge on any atom is 0.283 e. The molecule has 1 amide bonds. The highest BCUT2D eigenvalue weighted by Crippen LogP contribution is 2.23. The molecule has 0 spiro atoms. The summed E-state index contributed by atoms with van der Waals surface area (Å²) in [6, 6.07) is 18.2. The third-order valence-electron chi connectivity index (χ3n) is 6.57. The van der Waals surface area contributed by atoms with Gasteiger partial charge in [0, 0.05) is 42.2 Å².